The number of rotatable bonds is 4. The van der Waals surface area contributed by atoms with E-state index in [0.717, 1.165) is 29.7 Å². The van der Waals surface area contributed by atoms with Gasteiger partial charge in [0.1, 0.15) is 10.8 Å². The smallest absolute Gasteiger partial charge is 0.341 e. The maximum absolute atomic E-state index is 13.4. The number of hydrogen-bond donors (Lipinski definition) is 1. The van der Waals surface area contributed by atoms with Crippen LogP contribution in [0.1, 0.15) is 51.4 Å². The normalized spacial score (nSPS) is 16.2. The van der Waals surface area contributed by atoms with E-state index in [9.17, 15) is 14.0 Å². The molecule has 0 fully saturated rings. The molecule has 0 bridgehead atoms. The highest BCUT2D eigenvalue weighted by Gasteiger charge is 2.29. The van der Waals surface area contributed by atoms with Gasteiger partial charge in [-0.25, -0.2) is 9.18 Å². The molecule has 1 aliphatic rings. The van der Waals surface area contributed by atoms with Gasteiger partial charge in [-0.3, -0.25) is 4.79 Å². The second-order valence-corrected chi connectivity index (χ2v) is 7.35. The van der Waals surface area contributed by atoms with Crippen molar-refractivity contribution in [2.75, 3.05) is 11.9 Å². The number of halogens is 1. The minimum atomic E-state index is -0.474. The highest BCUT2D eigenvalue weighted by molar-refractivity contribution is 7.17. The minimum Gasteiger partial charge on any atom is -0.462 e. The molecule has 1 atom stereocenters. The van der Waals surface area contributed by atoms with Gasteiger partial charge in [0.15, 0.2) is 0 Å². The number of carbonyl (C=O) groups excluding carboxylic acids is 2. The molecule has 6 heteroatoms. The fourth-order valence-electron chi connectivity index (χ4n) is 3.06. The lowest BCUT2D eigenvalue weighted by atomic mass is 9.88. The van der Waals surface area contributed by atoms with Gasteiger partial charge in [0.25, 0.3) is 5.91 Å². The number of amides is 1. The van der Waals surface area contributed by atoms with E-state index in [2.05, 4.69) is 12.2 Å². The Labute approximate surface area is 150 Å². The Balaban J connectivity index is 1.94. The predicted molar refractivity (Wildman–Crippen MR) is 95.8 cm³/mol. The molecule has 1 aromatic carbocycles. The highest BCUT2D eigenvalue weighted by Crippen LogP contribution is 2.40. The average Bonchev–Trinajstić information content (AvgIpc) is 2.91. The fourth-order valence-corrected chi connectivity index (χ4v) is 4.46. The van der Waals surface area contributed by atoms with Gasteiger partial charge in [0.2, 0.25) is 0 Å². The van der Waals surface area contributed by atoms with Gasteiger partial charge in [-0.05, 0) is 55.9 Å². The summed E-state index contributed by atoms with van der Waals surface area (Å²) in [5.74, 6) is -0.772. The maximum Gasteiger partial charge on any atom is 0.341 e. The Morgan fingerprint density at radius 2 is 2.20 bits per heavy atom. The van der Waals surface area contributed by atoms with Crippen molar-refractivity contribution in [1.82, 2.24) is 0 Å². The monoisotopic (exact) mass is 361 g/mol. The van der Waals surface area contributed by atoms with Crippen molar-refractivity contribution in [2.45, 2.75) is 33.1 Å². The predicted octanol–water partition coefficient (Wildman–Crippen LogP) is 4.44. The molecule has 1 unspecified atom stereocenters. The van der Waals surface area contributed by atoms with E-state index in [1.165, 1.54) is 35.6 Å². The van der Waals surface area contributed by atoms with Gasteiger partial charge >= 0.3 is 5.97 Å². The largest absolute Gasteiger partial charge is 0.462 e. The molecule has 1 amide bonds. The third-order valence-corrected chi connectivity index (χ3v) is 5.47. The molecule has 1 aromatic heterocycles. The standard InChI is InChI=1S/C19H20FNO3S/c1-3-24-19(23)16-14-8-7-11(2)9-15(14)25-18(16)21-17(22)12-5-4-6-13(20)10-12/h4-6,10-11H,3,7-9H2,1-2H3,(H,21,22). The lowest BCUT2D eigenvalue weighted by Crippen LogP contribution is -2.16. The second-order valence-electron chi connectivity index (χ2n) is 6.24. The second kappa shape index (κ2) is 7.35. The summed E-state index contributed by atoms with van der Waals surface area (Å²) in [5, 5.41) is 3.27. The first kappa shape index (κ1) is 17.6. The van der Waals surface area contributed by atoms with Crippen molar-refractivity contribution in [1.29, 1.82) is 0 Å². The SMILES string of the molecule is CCOC(=O)c1c(NC(=O)c2cccc(F)c2)sc2c1CCC(C)C2. The summed E-state index contributed by atoms with van der Waals surface area (Å²) >= 11 is 1.42. The van der Waals surface area contributed by atoms with Crippen LogP contribution in [0.15, 0.2) is 24.3 Å². The molecule has 0 saturated heterocycles. The Bertz CT molecular complexity index is 815. The molecular weight excluding hydrogens is 341 g/mol. The first-order valence-corrected chi connectivity index (χ1v) is 9.19. The van der Waals surface area contributed by atoms with Gasteiger partial charge < -0.3 is 10.1 Å². The number of esters is 1. The quantitative estimate of drug-likeness (QED) is 0.819. The van der Waals surface area contributed by atoms with E-state index in [1.54, 1.807) is 6.92 Å². The summed E-state index contributed by atoms with van der Waals surface area (Å²) < 4.78 is 18.5. The van der Waals surface area contributed by atoms with E-state index < -0.39 is 17.7 Å². The molecule has 1 heterocycles. The number of anilines is 1. The zero-order chi connectivity index (χ0) is 18.0. The molecule has 0 saturated carbocycles. The molecule has 132 valence electrons. The van der Waals surface area contributed by atoms with Crippen LogP contribution in [-0.2, 0) is 17.6 Å². The summed E-state index contributed by atoms with van der Waals surface area (Å²) in [4.78, 5) is 26.0. The lowest BCUT2D eigenvalue weighted by molar-refractivity contribution is 0.0526. The van der Waals surface area contributed by atoms with Crippen LogP contribution in [0.25, 0.3) is 0 Å². The van der Waals surface area contributed by atoms with Crippen molar-refractivity contribution in [3.63, 3.8) is 0 Å². The van der Waals surface area contributed by atoms with E-state index in [-0.39, 0.29) is 12.2 Å². The highest BCUT2D eigenvalue weighted by atomic mass is 32.1. The third-order valence-electron chi connectivity index (χ3n) is 4.31. The van der Waals surface area contributed by atoms with E-state index in [1.807, 2.05) is 0 Å². The number of carbonyl (C=O) groups is 2. The summed E-state index contributed by atoms with van der Waals surface area (Å²) in [6.07, 6.45) is 2.70. The molecule has 2 aromatic rings. The Hall–Kier alpha value is -2.21. The fraction of sp³-hybridized carbons (Fsp3) is 0.368. The number of nitrogens with one attached hydrogen (secondary N) is 1. The summed E-state index contributed by atoms with van der Waals surface area (Å²) in [5.41, 5.74) is 1.66. The molecular formula is C19H20FNO3S. The zero-order valence-electron chi connectivity index (χ0n) is 14.2. The molecule has 0 aliphatic heterocycles. The Kier molecular flexibility index (Phi) is 5.18. The maximum atomic E-state index is 13.4. The number of hydrogen-bond acceptors (Lipinski definition) is 4. The van der Waals surface area contributed by atoms with Gasteiger partial charge in [-0.1, -0.05) is 13.0 Å². The van der Waals surface area contributed by atoms with E-state index in [0.29, 0.717) is 16.5 Å². The van der Waals surface area contributed by atoms with Gasteiger partial charge in [0.05, 0.1) is 12.2 Å². The van der Waals surface area contributed by atoms with Crippen molar-refractivity contribution in [3.05, 3.63) is 51.7 Å². The summed E-state index contributed by atoms with van der Waals surface area (Å²) in [6.45, 7) is 4.21. The van der Waals surface area contributed by atoms with E-state index >= 15 is 0 Å². The zero-order valence-corrected chi connectivity index (χ0v) is 15.0. The molecule has 1 N–H and O–H groups in total. The molecule has 1 aliphatic carbocycles. The van der Waals surface area contributed by atoms with Crippen LogP contribution < -0.4 is 5.32 Å². The van der Waals surface area contributed by atoms with Crippen molar-refractivity contribution in [2.24, 2.45) is 5.92 Å². The lowest BCUT2D eigenvalue weighted by Gasteiger charge is -2.18. The minimum absolute atomic E-state index is 0.217. The van der Waals surface area contributed by atoms with Crippen molar-refractivity contribution >= 4 is 28.2 Å². The summed E-state index contributed by atoms with van der Waals surface area (Å²) in [6, 6.07) is 5.48. The number of ether oxygens (including phenoxy) is 1. The first-order chi connectivity index (χ1) is 12.0. The van der Waals surface area contributed by atoms with Gasteiger partial charge in [0, 0.05) is 10.4 Å². The molecule has 0 radical (unpaired) electrons. The topological polar surface area (TPSA) is 55.4 Å². The van der Waals surface area contributed by atoms with Crippen LogP contribution in [0.4, 0.5) is 9.39 Å². The first-order valence-electron chi connectivity index (χ1n) is 8.38. The van der Waals surface area contributed by atoms with Crippen LogP contribution in [0.3, 0.4) is 0 Å². The number of thiophene rings is 1. The molecule has 3 rings (SSSR count). The van der Waals surface area contributed by atoms with Crippen LogP contribution in [-0.4, -0.2) is 18.5 Å². The van der Waals surface area contributed by atoms with Gasteiger partial charge in [-0.2, -0.15) is 0 Å². The molecule has 0 spiro atoms. The van der Waals surface area contributed by atoms with Crippen molar-refractivity contribution < 1.29 is 18.7 Å². The van der Waals surface area contributed by atoms with Crippen molar-refractivity contribution in [3.8, 4) is 0 Å². The van der Waals surface area contributed by atoms with Crippen LogP contribution in [0.5, 0.6) is 0 Å². The Morgan fingerprint density at radius 3 is 2.92 bits per heavy atom. The summed E-state index contributed by atoms with van der Waals surface area (Å²) in [7, 11) is 0. The van der Waals surface area contributed by atoms with Crippen LogP contribution in [0.2, 0.25) is 0 Å². The van der Waals surface area contributed by atoms with E-state index in [4.69, 9.17) is 4.74 Å². The number of benzene rings is 1. The van der Waals surface area contributed by atoms with Crippen LogP contribution >= 0.6 is 11.3 Å². The third kappa shape index (κ3) is 3.74. The average molecular weight is 361 g/mol. The van der Waals surface area contributed by atoms with Crippen LogP contribution in [0, 0.1) is 11.7 Å². The van der Waals surface area contributed by atoms with Gasteiger partial charge in [-0.15, -0.1) is 11.3 Å². The molecule has 25 heavy (non-hydrogen) atoms. The Morgan fingerprint density at radius 1 is 1.40 bits per heavy atom. The number of fused-ring (bicyclic) bond motifs is 1. The molecule has 4 nitrogen and oxygen atoms in total.